The average Bonchev–Trinajstić information content (AvgIpc) is 2.15. The van der Waals surface area contributed by atoms with Gasteiger partial charge in [0, 0.05) is 0 Å². The zero-order valence-electron chi connectivity index (χ0n) is 12.3. The maximum absolute atomic E-state index is 3.42. The molecule has 1 aromatic rings. The fourth-order valence-electron chi connectivity index (χ4n) is 2.95. The molecule has 0 saturated heterocycles. The Labute approximate surface area is 107 Å². The SMILES string of the molecule is CCNCCC(C)(C)c1c(C)cc(C)cc1C. The summed E-state index contributed by atoms with van der Waals surface area (Å²) in [6.45, 7) is 15.7. The predicted molar refractivity (Wildman–Crippen MR) is 76.8 cm³/mol. The topological polar surface area (TPSA) is 12.0 Å². The third-order valence-electron chi connectivity index (χ3n) is 3.53. The van der Waals surface area contributed by atoms with Crippen LogP contribution in [0.3, 0.4) is 0 Å². The molecule has 1 aromatic carbocycles. The van der Waals surface area contributed by atoms with E-state index in [2.05, 4.69) is 59.0 Å². The Morgan fingerprint density at radius 2 is 1.59 bits per heavy atom. The smallest absolute Gasteiger partial charge is 0.00407 e. The van der Waals surface area contributed by atoms with E-state index < -0.39 is 0 Å². The van der Waals surface area contributed by atoms with Crippen LogP contribution in [0.15, 0.2) is 12.1 Å². The first-order valence-corrected chi connectivity index (χ1v) is 6.67. The number of aryl methyl sites for hydroxylation is 3. The van der Waals surface area contributed by atoms with E-state index in [0.717, 1.165) is 13.1 Å². The highest BCUT2D eigenvalue weighted by Gasteiger charge is 2.23. The molecule has 0 aliphatic carbocycles. The minimum absolute atomic E-state index is 0.254. The van der Waals surface area contributed by atoms with Gasteiger partial charge in [0.15, 0.2) is 0 Å². The molecule has 17 heavy (non-hydrogen) atoms. The average molecular weight is 233 g/mol. The molecule has 0 spiro atoms. The molecule has 0 heterocycles. The summed E-state index contributed by atoms with van der Waals surface area (Å²) in [6, 6.07) is 4.61. The van der Waals surface area contributed by atoms with Crippen molar-refractivity contribution < 1.29 is 0 Å². The zero-order chi connectivity index (χ0) is 13.1. The molecule has 0 bridgehead atoms. The van der Waals surface area contributed by atoms with Crippen molar-refractivity contribution in [2.75, 3.05) is 13.1 Å². The lowest BCUT2D eigenvalue weighted by Crippen LogP contribution is -2.27. The molecule has 0 fully saturated rings. The Bertz CT molecular complexity index is 354. The van der Waals surface area contributed by atoms with E-state index >= 15 is 0 Å². The number of rotatable bonds is 5. The van der Waals surface area contributed by atoms with E-state index in [0.29, 0.717) is 0 Å². The molecule has 96 valence electrons. The van der Waals surface area contributed by atoms with Crippen LogP contribution in [0, 0.1) is 20.8 Å². The molecule has 0 radical (unpaired) electrons. The number of hydrogen-bond acceptors (Lipinski definition) is 1. The van der Waals surface area contributed by atoms with Crippen LogP contribution >= 0.6 is 0 Å². The first kappa shape index (κ1) is 14.2. The molecule has 1 heteroatoms. The van der Waals surface area contributed by atoms with Gasteiger partial charge in [-0.25, -0.2) is 0 Å². The van der Waals surface area contributed by atoms with Gasteiger partial charge < -0.3 is 5.32 Å². The van der Waals surface area contributed by atoms with Gasteiger partial charge in [-0.3, -0.25) is 0 Å². The Kier molecular flexibility index (Phi) is 4.76. The van der Waals surface area contributed by atoms with E-state index in [9.17, 15) is 0 Å². The van der Waals surface area contributed by atoms with Crippen molar-refractivity contribution in [3.63, 3.8) is 0 Å². The van der Waals surface area contributed by atoms with Crippen LogP contribution < -0.4 is 5.32 Å². The van der Waals surface area contributed by atoms with Gasteiger partial charge in [0.2, 0.25) is 0 Å². The van der Waals surface area contributed by atoms with Crippen LogP contribution in [0.4, 0.5) is 0 Å². The lowest BCUT2D eigenvalue weighted by Gasteiger charge is -2.29. The van der Waals surface area contributed by atoms with Gasteiger partial charge in [0.1, 0.15) is 0 Å². The van der Waals surface area contributed by atoms with E-state index in [-0.39, 0.29) is 5.41 Å². The predicted octanol–water partition coefficient (Wildman–Crippen LogP) is 3.89. The summed E-state index contributed by atoms with van der Waals surface area (Å²) in [7, 11) is 0. The second-order valence-electron chi connectivity index (χ2n) is 5.76. The summed E-state index contributed by atoms with van der Waals surface area (Å²) in [6.07, 6.45) is 1.19. The lowest BCUT2D eigenvalue weighted by atomic mass is 9.76. The summed E-state index contributed by atoms with van der Waals surface area (Å²) >= 11 is 0. The van der Waals surface area contributed by atoms with Crippen molar-refractivity contribution in [2.45, 2.75) is 53.4 Å². The fourth-order valence-corrected chi connectivity index (χ4v) is 2.95. The van der Waals surface area contributed by atoms with Crippen LogP contribution in [-0.2, 0) is 5.41 Å². The monoisotopic (exact) mass is 233 g/mol. The first-order valence-electron chi connectivity index (χ1n) is 6.67. The van der Waals surface area contributed by atoms with Crippen LogP contribution in [0.5, 0.6) is 0 Å². The van der Waals surface area contributed by atoms with E-state index in [1.54, 1.807) is 0 Å². The highest BCUT2D eigenvalue weighted by Crippen LogP contribution is 2.32. The van der Waals surface area contributed by atoms with Crippen molar-refractivity contribution in [2.24, 2.45) is 0 Å². The Hall–Kier alpha value is -0.820. The van der Waals surface area contributed by atoms with Crippen molar-refractivity contribution in [1.82, 2.24) is 5.32 Å². The zero-order valence-corrected chi connectivity index (χ0v) is 12.3. The van der Waals surface area contributed by atoms with Gasteiger partial charge in [0.05, 0.1) is 0 Å². The largest absolute Gasteiger partial charge is 0.317 e. The minimum Gasteiger partial charge on any atom is -0.317 e. The molecule has 0 aliphatic heterocycles. The molecule has 1 N–H and O–H groups in total. The summed E-state index contributed by atoms with van der Waals surface area (Å²) < 4.78 is 0. The molecule has 0 atom stereocenters. The van der Waals surface area contributed by atoms with Crippen molar-refractivity contribution in [1.29, 1.82) is 0 Å². The van der Waals surface area contributed by atoms with Crippen LogP contribution in [0.2, 0.25) is 0 Å². The second kappa shape index (κ2) is 5.68. The first-order chi connectivity index (χ1) is 7.88. The second-order valence-corrected chi connectivity index (χ2v) is 5.76. The normalized spacial score (nSPS) is 11.9. The van der Waals surface area contributed by atoms with Gasteiger partial charge in [0.25, 0.3) is 0 Å². The summed E-state index contributed by atoms with van der Waals surface area (Å²) in [4.78, 5) is 0. The molecule has 1 nitrogen and oxygen atoms in total. The Balaban J connectivity index is 2.97. The Morgan fingerprint density at radius 3 is 2.06 bits per heavy atom. The van der Waals surface area contributed by atoms with Gasteiger partial charge in [-0.1, -0.05) is 38.5 Å². The molecule has 0 saturated carbocycles. The summed E-state index contributed by atoms with van der Waals surface area (Å²) in [5.41, 5.74) is 6.02. The quantitative estimate of drug-likeness (QED) is 0.761. The van der Waals surface area contributed by atoms with E-state index in [1.807, 2.05) is 0 Å². The number of benzene rings is 1. The van der Waals surface area contributed by atoms with Gasteiger partial charge in [-0.05, 0) is 62.4 Å². The number of nitrogens with one attached hydrogen (secondary N) is 1. The molecule has 0 aromatic heterocycles. The molecule has 0 unspecified atom stereocenters. The van der Waals surface area contributed by atoms with Crippen molar-refractivity contribution >= 4 is 0 Å². The summed E-state index contributed by atoms with van der Waals surface area (Å²) in [5.74, 6) is 0. The summed E-state index contributed by atoms with van der Waals surface area (Å²) in [5, 5.41) is 3.42. The third-order valence-corrected chi connectivity index (χ3v) is 3.53. The Morgan fingerprint density at radius 1 is 1.06 bits per heavy atom. The van der Waals surface area contributed by atoms with Crippen LogP contribution in [0.1, 0.15) is 49.4 Å². The van der Waals surface area contributed by atoms with Crippen LogP contribution in [0.25, 0.3) is 0 Å². The van der Waals surface area contributed by atoms with Gasteiger partial charge in [-0.15, -0.1) is 0 Å². The maximum Gasteiger partial charge on any atom is -0.00407 e. The highest BCUT2D eigenvalue weighted by atomic mass is 14.8. The molecule has 0 amide bonds. The number of hydrogen-bond donors (Lipinski definition) is 1. The molecule has 0 aliphatic rings. The maximum atomic E-state index is 3.42. The fraction of sp³-hybridized carbons (Fsp3) is 0.625. The van der Waals surface area contributed by atoms with Crippen LogP contribution in [-0.4, -0.2) is 13.1 Å². The highest BCUT2D eigenvalue weighted by molar-refractivity contribution is 5.42. The molecule has 1 rings (SSSR count). The van der Waals surface area contributed by atoms with Crippen molar-refractivity contribution in [3.8, 4) is 0 Å². The van der Waals surface area contributed by atoms with E-state index in [4.69, 9.17) is 0 Å². The van der Waals surface area contributed by atoms with E-state index in [1.165, 1.54) is 28.7 Å². The third kappa shape index (κ3) is 3.57. The van der Waals surface area contributed by atoms with Gasteiger partial charge in [-0.2, -0.15) is 0 Å². The molecular weight excluding hydrogens is 206 g/mol. The minimum atomic E-state index is 0.254. The van der Waals surface area contributed by atoms with Crippen molar-refractivity contribution in [3.05, 3.63) is 34.4 Å². The molecular formula is C16H27N. The standard InChI is InChI=1S/C16H27N/c1-7-17-9-8-16(5,6)15-13(3)10-12(2)11-14(15)4/h10-11,17H,7-9H2,1-6H3. The van der Waals surface area contributed by atoms with Gasteiger partial charge >= 0.3 is 0 Å². The lowest BCUT2D eigenvalue weighted by molar-refractivity contribution is 0.457.